The van der Waals surface area contributed by atoms with E-state index in [-0.39, 0.29) is 5.91 Å². The lowest BCUT2D eigenvalue weighted by Gasteiger charge is -2.36. The molecule has 1 heterocycles. The molecular weight excluding hydrogens is 394 g/mol. The van der Waals surface area contributed by atoms with Crippen molar-refractivity contribution < 1.29 is 9.53 Å². The molecule has 6 heteroatoms. The molecule has 26 heavy (non-hydrogen) atoms. The number of hydrogen-bond acceptors (Lipinski definition) is 4. The van der Waals surface area contributed by atoms with Gasteiger partial charge in [0, 0.05) is 23.8 Å². The molecule has 5 nitrogen and oxygen atoms in total. The molecule has 1 aliphatic heterocycles. The second-order valence-corrected chi connectivity index (χ2v) is 7.47. The smallest absolute Gasteiger partial charge is 0.255 e. The van der Waals surface area contributed by atoms with Crippen molar-refractivity contribution in [2.45, 2.75) is 32.2 Å². The molecule has 1 fully saturated rings. The van der Waals surface area contributed by atoms with Crippen LogP contribution in [0.4, 0.5) is 17.1 Å². The number of halogens is 1. The van der Waals surface area contributed by atoms with Crippen LogP contribution in [0.25, 0.3) is 0 Å². The minimum atomic E-state index is -0.188. The number of rotatable bonds is 4. The first-order valence-corrected chi connectivity index (χ1v) is 9.60. The number of nitrogens with zero attached hydrogens (tertiary/aromatic N) is 1. The third-order valence-corrected chi connectivity index (χ3v) is 5.43. The molecule has 3 rings (SSSR count). The van der Waals surface area contributed by atoms with Crippen LogP contribution in [-0.4, -0.2) is 25.6 Å². The number of carbonyl (C=O) groups is 1. The summed E-state index contributed by atoms with van der Waals surface area (Å²) in [5.41, 5.74) is 9.24. The predicted molar refractivity (Wildman–Crippen MR) is 110 cm³/mol. The van der Waals surface area contributed by atoms with Gasteiger partial charge in [-0.15, -0.1) is 0 Å². The Morgan fingerprint density at radius 1 is 1.27 bits per heavy atom. The van der Waals surface area contributed by atoms with Crippen molar-refractivity contribution in [3.8, 4) is 5.75 Å². The molecule has 3 N–H and O–H groups in total. The Morgan fingerprint density at radius 2 is 2.08 bits per heavy atom. The van der Waals surface area contributed by atoms with Gasteiger partial charge < -0.3 is 20.7 Å². The van der Waals surface area contributed by atoms with E-state index in [9.17, 15) is 4.79 Å². The summed E-state index contributed by atoms with van der Waals surface area (Å²) in [5, 5.41) is 2.91. The van der Waals surface area contributed by atoms with Gasteiger partial charge in [-0.3, -0.25) is 4.79 Å². The van der Waals surface area contributed by atoms with Crippen LogP contribution in [0.5, 0.6) is 5.75 Å². The lowest BCUT2D eigenvalue weighted by atomic mass is 10.0. The largest absolute Gasteiger partial charge is 0.496 e. The van der Waals surface area contributed by atoms with E-state index >= 15 is 0 Å². The van der Waals surface area contributed by atoms with E-state index in [1.807, 2.05) is 18.2 Å². The lowest BCUT2D eigenvalue weighted by molar-refractivity contribution is 0.102. The summed E-state index contributed by atoms with van der Waals surface area (Å²) in [6.45, 7) is 3.26. The van der Waals surface area contributed by atoms with E-state index < -0.39 is 0 Å². The van der Waals surface area contributed by atoms with Crippen LogP contribution < -0.4 is 20.7 Å². The van der Waals surface area contributed by atoms with Crippen LogP contribution in [0, 0.1) is 0 Å². The van der Waals surface area contributed by atoms with Crippen LogP contribution in [-0.2, 0) is 0 Å². The second-order valence-electron chi connectivity index (χ2n) is 6.62. The average Bonchev–Trinajstić information content (AvgIpc) is 2.62. The predicted octanol–water partition coefficient (Wildman–Crippen LogP) is 4.67. The van der Waals surface area contributed by atoms with Crippen LogP contribution >= 0.6 is 15.9 Å². The van der Waals surface area contributed by atoms with Gasteiger partial charge in [0.2, 0.25) is 0 Å². The zero-order valence-electron chi connectivity index (χ0n) is 15.1. The van der Waals surface area contributed by atoms with Crippen LogP contribution in [0.1, 0.15) is 36.5 Å². The first kappa shape index (κ1) is 18.6. The van der Waals surface area contributed by atoms with Crippen molar-refractivity contribution in [2.75, 3.05) is 29.6 Å². The van der Waals surface area contributed by atoms with E-state index in [1.165, 1.54) is 19.3 Å². The molecule has 1 unspecified atom stereocenters. The Kier molecular flexibility index (Phi) is 5.71. The zero-order chi connectivity index (χ0) is 18.7. The van der Waals surface area contributed by atoms with Crippen molar-refractivity contribution in [3.05, 3.63) is 46.4 Å². The fraction of sp³-hybridized carbons (Fsp3) is 0.350. The highest BCUT2D eigenvalue weighted by molar-refractivity contribution is 9.10. The number of nitrogen functional groups attached to an aromatic ring is 1. The highest BCUT2D eigenvalue weighted by Gasteiger charge is 2.20. The maximum atomic E-state index is 12.5. The van der Waals surface area contributed by atoms with Gasteiger partial charge in [0.15, 0.2) is 0 Å². The molecule has 2 aromatic rings. The fourth-order valence-corrected chi connectivity index (χ4v) is 3.90. The molecule has 138 valence electrons. The normalized spacial score (nSPS) is 17.0. The molecule has 0 saturated carbocycles. The number of methoxy groups -OCH3 is 1. The summed E-state index contributed by atoms with van der Waals surface area (Å²) >= 11 is 3.40. The molecule has 0 bridgehead atoms. The Labute approximate surface area is 162 Å². The number of ether oxygens (including phenoxy) is 1. The van der Waals surface area contributed by atoms with Crippen molar-refractivity contribution in [1.82, 2.24) is 0 Å². The molecule has 0 aromatic heterocycles. The number of anilines is 3. The number of hydrogen-bond donors (Lipinski definition) is 2. The van der Waals surface area contributed by atoms with Crippen molar-refractivity contribution in [3.63, 3.8) is 0 Å². The third kappa shape index (κ3) is 3.96. The maximum Gasteiger partial charge on any atom is 0.255 e. The molecule has 2 aromatic carbocycles. The van der Waals surface area contributed by atoms with Crippen molar-refractivity contribution in [1.29, 1.82) is 0 Å². The van der Waals surface area contributed by atoms with Gasteiger partial charge in [-0.05, 0) is 78.5 Å². The average molecular weight is 418 g/mol. The van der Waals surface area contributed by atoms with Crippen LogP contribution in [0.2, 0.25) is 0 Å². The second kappa shape index (κ2) is 7.99. The highest BCUT2D eigenvalue weighted by atomic mass is 79.9. The van der Waals surface area contributed by atoms with Gasteiger partial charge in [-0.2, -0.15) is 0 Å². The Morgan fingerprint density at radius 3 is 2.73 bits per heavy atom. The van der Waals surface area contributed by atoms with E-state index in [0.29, 0.717) is 28.7 Å². The minimum absolute atomic E-state index is 0.188. The molecule has 0 spiro atoms. The van der Waals surface area contributed by atoms with Gasteiger partial charge in [0.05, 0.1) is 23.0 Å². The first-order chi connectivity index (χ1) is 12.5. The number of piperidine rings is 1. The van der Waals surface area contributed by atoms with Gasteiger partial charge in [0.1, 0.15) is 5.75 Å². The van der Waals surface area contributed by atoms with E-state index in [0.717, 1.165) is 16.7 Å². The number of nitrogens with two attached hydrogens (primary N) is 1. The van der Waals surface area contributed by atoms with Gasteiger partial charge in [-0.25, -0.2) is 0 Å². The quantitative estimate of drug-likeness (QED) is 0.709. The Balaban J connectivity index is 1.75. The summed E-state index contributed by atoms with van der Waals surface area (Å²) < 4.78 is 5.93. The number of carbonyl (C=O) groups excluding carboxylic acids is 1. The SMILES string of the molecule is COc1ccc(C(=O)Nc2ccc(N3CCCCC3C)c(N)c2)cc1Br. The molecule has 1 saturated heterocycles. The summed E-state index contributed by atoms with van der Waals surface area (Å²) in [6.07, 6.45) is 3.64. The van der Waals surface area contributed by atoms with E-state index in [1.54, 1.807) is 25.3 Å². The number of benzene rings is 2. The Hall–Kier alpha value is -2.21. The summed E-state index contributed by atoms with van der Waals surface area (Å²) in [5.74, 6) is 0.498. The molecule has 0 aliphatic carbocycles. The van der Waals surface area contributed by atoms with Crippen molar-refractivity contribution >= 4 is 38.9 Å². The zero-order valence-corrected chi connectivity index (χ0v) is 16.7. The molecule has 1 amide bonds. The van der Waals surface area contributed by atoms with E-state index in [2.05, 4.69) is 33.1 Å². The molecule has 0 radical (unpaired) electrons. The minimum Gasteiger partial charge on any atom is -0.496 e. The standard InChI is InChI=1S/C20H24BrN3O2/c1-13-5-3-4-10-24(13)18-8-7-15(12-17(18)22)23-20(25)14-6-9-19(26-2)16(21)11-14/h6-9,11-13H,3-5,10,22H2,1-2H3,(H,23,25). The summed E-state index contributed by atoms with van der Waals surface area (Å²) in [7, 11) is 1.59. The van der Waals surface area contributed by atoms with E-state index in [4.69, 9.17) is 10.5 Å². The fourth-order valence-electron chi connectivity index (χ4n) is 3.36. The first-order valence-electron chi connectivity index (χ1n) is 8.80. The van der Waals surface area contributed by atoms with Crippen LogP contribution in [0.3, 0.4) is 0 Å². The van der Waals surface area contributed by atoms with Crippen LogP contribution in [0.15, 0.2) is 40.9 Å². The van der Waals surface area contributed by atoms with Gasteiger partial charge in [-0.1, -0.05) is 0 Å². The topological polar surface area (TPSA) is 67.6 Å². The molecule has 1 aliphatic rings. The molecule has 1 atom stereocenters. The highest BCUT2D eigenvalue weighted by Crippen LogP contribution is 2.32. The Bertz CT molecular complexity index is 810. The maximum absolute atomic E-state index is 12.5. The number of nitrogens with one attached hydrogen (secondary N) is 1. The third-order valence-electron chi connectivity index (χ3n) is 4.81. The van der Waals surface area contributed by atoms with Gasteiger partial charge in [0.25, 0.3) is 5.91 Å². The lowest BCUT2D eigenvalue weighted by Crippen LogP contribution is -2.37. The number of amides is 1. The molecular formula is C20H24BrN3O2. The monoisotopic (exact) mass is 417 g/mol. The summed E-state index contributed by atoms with van der Waals surface area (Å²) in [6, 6.07) is 11.4. The van der Waals surface area contributed by atoms with Crippen molar-refractivity contribution in [2.24, 2.45) is 0 Å². The summed E-state index contributed by atoms with van der Waals surface area (Å²) in [4.78, 5) is 14.8. The van der Waals surface area contributed by atoms with Gasteiger partial charge >= 0.3 is 0 Å².